The summed E-state index contributed by atoms with van der Waals surface area (Å²) in [6.07, 6.45) is 56.0. The maximum atomic E-state index is 13.1. The van der Waals surface area contributed by atoms with Crippen molar-refractivity contribution >= 4 is 23.9 Å². The molecule has 3 N–H and O–H groups in total. The molecule has 0 aromatic carbocycles. The number of hydrogen-bond acceptors (Lipinski definition) is 11. The monoisotopic (exact) mass is 1050 g/mol. The number of unbranched alkanes of at least 4 members (excludes halogenated alkanes) is 12. The molecular formula is C63H98O12. The second-order valence-electron chi connectivity index (χ2n) is 18.8. The number of hydrogen-bond donors (Lipinski definition) is 3. The predicted octanol–water partition coefficient (Wildman–Crippen LogP) is 14.4. The number of carboxylic acid groups (broad SMARTS) is 1. The zero-order valence-electron chi connectivity index (χ0n) is 46.2. The molecule has 1 aliphatic rings. The first-order valence-corrected chi connectivity index (χ1v) is 28.5. The van der Waals surface area contributed by atoms with Gasteiger partial charge in [-0.3, -0.25) is 14.4 Å². The van der Waals surface area contributed by atoms with Gasteiger partial charge >= 0.3 is 23.9 Å². The van der Waals surface area contributed by atoms with E-state index in [2.05, 4.69) is 142 Å². The highest BCUT2D eigenvalue weighted by molar-refractivity contribution is 5.74. The minimum absolute atomic E-state index is 0.0347. The van der Waals surface area contributed by atoms with Crippen LogP contribution in [-0.4, -0.2) is 89.2 Å². The van der Waals surface area contributed by atoms with E-state index in [4.69, 9.17) is 23.7 Å². The average Bonchev–Trinajstić information content (AvgIpc) is 3.39. The summed E-state index contributed by atoms with van der Waals surface area (Å²) in [5, 5.41) is 31.5. The van der Waals surface area contributed by atoms with Crippen LogP contribution in [0.2, 0.25) is 0 Å². The second-order valence-corrected chi connectivity index (χ2v) is 18.8. The highest BCUT2D eigenvalue weighted by atomic mass is 16.7. The van der Waals surface area contributed by atoms with Gasteiger partial charge in [0, 0.05) is 19.3 Å². The number of carbonyl (C=O) groups excluding carboxylic acids is 3. The fourth-order valence-corrected chi connectivity index (χ4v) is 7.74. The van der Waals surface area contributed by atoms with Crippen molar-refractivity contribution in [2.45, 2.75) is 237 Å². The second kappa shape index (κ2) is 50.0. The topological polar surface area (TPSA) is 175 Å². The number of aliphatic hydroxyl groups is 2. The molecule has 75 heavy (non-hydrogen) atoms. The average molecular weight is 1050 g/mol. The van der Waals surface area contributed by atoms with E-state index in [1.807, 2.05) is 0 Å². The molecule has 0 amide bonds. The van der Waals surface area contributed by atoms with Crippen LogP contribution in [0.25, 0.3) is 0 Å². The van der Waals surface area contributed by atoms with E-state index in [-0.39, 0.29) is 25.9 Å². The van der Waals surface area contributed by atoms with Crippen molar-refractivity contribution in [1.29, 1.82) is 0 Å². The molecule has 0 aliphatic carbocycles. The summed E-state index contributed by atoms with van der Waals surface area (Å²) >= 11 is 0. The first kappa shape index (κ1) is 68.1. The van der Waals surface area contributed by atoms with E-state index in [9.17, 15) is 34.5 Å². The summed E-state index contributed by atoms with van der Waals surface area (Å²) < 4.78 is 28.3. The summed E-state index contributed by atoms with van der Waals surface area (Å²) in [4.78, 5) is 51.0. The van der Waals surface area contributed by atoms with Crippen LogP contribution in [0.1, 0.15) is 201 Å². The van der Waals surface area contributed by atoms with Gasteiger partial charge in [-0.05, 0) is 122 Å². The molecule has 422 valence electrons. The largest absolute Gasteiger partial charge is 0.479 e. The van der Waals surface area contributed by atoms with E-state index in [0.29, 0.717) is 19.3 Å². The number of aliphatic carboxylic acids is 1. The number of allylic oxidation sites excluding steroid dienone is 20. The van der Waals surface area contributed by atoms with Crippen molar-refractivity contribution in [3.8, 4) is 0 Å². The van der Waals surface area contributed by atoms with Crippen LogP contribution in [0.3, 0.4) is 0 Å². The van der Waals surface area contributed by atoms with E-state index in [1.54, 1.807) is 0 Å². The van der Waals surface area contributed by atoms with E-state index >= 15 is 0 Å². The van der Waals surface area contributed by atoms with Crippen LogP contribution in [0, 0.1) is 0 Å². The molecule has 6 unspecified atom stereocenters. The Balaban J connectivity index is 2.75. The molecule has 1 aliphatic heterocycles. The Morgan fingerprint density at radius 1 is 0.440 bits per heavy atom. The molecule has 0 aromatic rings. The number of ether oxygens (including phenoxy) is 5. The van der Waals surface area contributed by atoms with Gasteiger partial charge in [0.15, 0.2) is 24.6 Å². The van der Waals surface area contributed by atoms with Gasteiger partial charge in [-0.2, -0.15) is 0 Å². The first-order chi connectivity index (χ1) is 36.6. The molecule has 1 heterocycles. The summed E-state index contributed by atoms with van der Waals surface area (Å²) in [7, 11) is 0. The summed E-state index contributed by atoms with van der Waals surface area (Å²) in [6.45, 7) is 5.56. The molecular weight excluding hydrogens is 949 g/mol. The summed E-state index contributed by atoms with van der Waals surface area (Å²) in [6, 6.07) is 0. The Morgan fingerprint density at radius 3 is 1.25 bits per heavy atom. The van der Waals surface area contributed by atoms with Crippen LogP contribution in [0.15, 0.2) is 122 Å². The normalized spacial score (nSPS) is 19.1. The Labute approximate surface area is 452 Å². The summed E-state index contributed by atoms with van der Waals surface area (Å²) in [5.74, 6) is -3.25. The SMILES string of the molecule is CC/C=C\C/C=C\C/C=C\C/C=C\CCCCC(=O)OCC(COC1OC(C(=O)O)C(O)C(O)C1OC(=O)CCCCCCCCC/C=C\C/C=C\C/C=C\CC)OC(=O)CCCCC/C=C\C/C=C\C/C=C\CC. The van der Waals surface area contributed by atoms with Gasteiger partial charge in [-0.25, -0.2) is 4.79 Å². The fraction of sp³-hybridized carbons (Fsp3) is 0.619. The van der Waals surface area contributed by atoms with Gasteiger partial charge in [-0.1, -0.05) is 181 Å². The van der Waals surface area contributed by atoms with Crippen molar-refractivity contribution < 1.29 is 58.2 Å². The van der Waals surface area contributed by atoms with Gasteiger partial charge in [0.1, 0.15) is 18.8 Å². The van der Waals surface area contributed by atoms with Crippen molar-refractivity contribution in [2.24, 2.45) is 0 Å². The van der Waals surface area contributed by atoms with Crippen molar-refractivity contribution in [1.82, 2.24) is 0 Å². The zero-order valence-corrected chi connectivity index (χ0v) is 46.2. The number of esters is 3. The Morgan fingerprint density at radius 2 is 0.800 bits per heavy atom. The summed E-state index contributed by atoms with van der Waals surface area (Å²) in [5.41, 5.74) is 0. The van der Waals surface area contributed by atoms with Crippen molar-refractivity contribution in [3.63, 3.8) is 0 Å². The lowest BCUT2D eigenvalue weighted by Crippen LogP contribution is -2.61. The molecule has 0 spiro atoms. The quantitative estimate of drug-likeness (QED) is 0.0228. The minimum atomic E-state index is -1.92. The Hall–Kier alpha value is -4.88. The molecule has 6 atom stereocenters. The zero-order chi connectivity index (χ0) is 54.7. The van der Waals surface area contributed by atoms with Gasteiger partial charge in [0.2, 0.25) is 0 Å². The van der Waals surface area contributed by atoms with Gasteiger partial charge < -0.3 is 39.0 Å². The standard InChI is InChI=1S/C63H98O12/c1-4-7-10-13-16-19-22-25-27-28-30-33-36-39-42-45-48-51-57(66)74-61-59(68)58(67)60(62(69)70)75-63(61)72-53-54(73-56(65)50-47-44-41-38-35-31-24-21-18-15-12-9-6-3)52-71-55(64)49-46-43-40-37-34-32-29-26-23-20-17-14-11-8-5-2/h7-12,16-21,25-27,29,31,34-35,37,54,58-61,63,67-68H,4-6,13-15,22-24,28,30,32-33,36,38-53H2,1-3H3,(H,69,70)/b10-7-,11-8-,12-9-,19-16-,20-17-,21-18-,27-25-,29-26-,35-31-,37-34-. The number of carbonyl (C=O) groups is 4. The maximum Gasteiger partial charge on any atom is 0.335 e. The molecule has 0 bridgehead atoms. The molecule has 0 saturated carbocycles. The van der Waals surface area contributed by atoms with Gasteiger partial charge in [0.25, 0.3) is 0 Å². The third kappa shape index (κ3) is 40.1. The molecule has 1 fully saturated rings. The first-order valence-electron chi connectivity index (χ1n) is 28.5. The Kier molecular flexibility index (Phi) is 45.4. The van der Waals surface area contributed by atoms with Crippen molar-refractivity contribution in [3.05, 3.63) is 122 Å². The third-order valence-corrected chi connectivity index (χ3v) is 12.0. The predicted molar refractivity (Wildman–Crippen MR) is 303 cm³/mol. The lowest BCUT2D eigenvalue weighted by molar-refractivity contribution is -0.301. The number of aliphatic hydroxyl groups excluding tert-OH is 2. The lowest BCUT2D eigenvalue weighted by Gasteiger charge is -2.40. The lowest BCUT2D eigenvalue weighted by atomic mass is 9.98. The smallest absolute Gasteiger partial charge is 0.335 e. The van der Waals surface area contributed by atoms with Crippen LogP contribution < -0.4 is 0 Å². The molecule has 1 saturated heterocycles. The molecule has 12 nitrogen and oxygen atoms in total. The highest BCUT2D eigenvalue weighted by Crippen LogP contribution is 2.26. The van der Waals surface area contributed by atoms with Gasteiger partial charge in [0.05, 0.1) is 6.61 Å². The number of carboxylic acids is 1. The third-order valence-electron chi connectivity index (χ3n) is 12.0. The van der Waals surface area contributed by atoms with E-state index in [1.165, 1.54) is 0 Å². The number of rotatable bonds is 46. The van der Waals surface area contributed by atoms with Crippen LogP contribution >= 0.6 is 0 Å². The highest BCUT2D eigenvalue weighted by Gasteiger charge is 2.50. The maximum absolute atomic E-state index is 13.1. The molecule has 1 rings (SSSR count). The fourth-order valence-electron chi connectivity index (χ4n) is 7.74. The minimum Gasteiger partial charge on any atom is -0.479 e. The van der Waals surface area contributed by atoms with Crippen LogP contribution in [-0.2, 0) is 42.9 Å². The van der Waals surface area contributed by atoms with E-state index in [0.717, 1.165) is 141 Å². The molecule has 0 radical (unpaired) electrons. The van der Waals surface area contributed by atoms with Gasteiger partial charge in [-0.15, -0.1) is 0 Å². The molecule has 0 aromatic heterocycles. The van der Waals surface area contributed by atoms with Crippen LogP contribution in [0.5, 0.6) is 0 Å². The van der Waals surface area contributed by atoms with Crippen molar-refractivity contribution in [2.75, 3.05) is 13.2 Å². The molecule has 12 heteroatoms. The van der Waals surface area contributed by atoms with E-state index < -0.39 is 67.3 Å². The van der Waals surface area contributed by atoms with Crippen LogP contribution in [0.4, 0.5) is 0 Å². The Bertz CT molecular complexity index is 1770.